The number of carbonyl (C=O) groups excluding carboxylic acids is 2. The summed E-state index contributed by atoms with van der Waals surface area (Å²) in [6, 6.07) is 13.6. The van der Waals surface area contributed by atoms with Crippen LogP contribution in [0.2, 0.25) is 0 Å². The van der Waals surface area contributed by atoms with Gasteiger partial charge < -0.3 is 9.47 Å². The lowest BCUT2D eigenvalue weighted by Gasteiger charge is -2.13. The van der Waals surface area contributed by atoms with Crippen LogP contribution in [0.4, 0.5) is 0 Å². The third-order valence-corrected chi connectivity index (χ3v) is 4.36. The molecule has 160 valence electrons. The van der Waals surface area contributed by atoms with Crippen molar-refractivity contribution in [1.29, 1.82) is 0 Å². The van der Waals surface area contributed by atoms with E-state index in [-0.39, 0.29) is 31.9 Å². The van der Waals surface area contributed by atoms with E-state index in [9.17, 15) is 9.59 Å². The number of rotatable bonds is 9. The number of hydrogen-bond donors (Lipinski definition) is 0. The van der Waals surface area contributed by atoms with E-state index in [1.165, 1.54) is 19.3 Å². The zero-order chi connectivity index (χ0) is 19.6. The maximum Gasteiger partial charge on any atom is 0.343 e. The van der Waals surface area contributed by atoms with Crippen molar-refractivity contribution in [3.63, 3.8) is 0 Å². The summed E-state index contributed by atoms with van der Waals surface area (Å²) < 4.78 is 10.8. The molecule has 2 aromatic rings. The number of benzene rings is 2. The standard InChI is InChI=1S/C23H28O4.2H3P/c1-4-5-6-7-8-18(3)26-22(24)20-13-15-21(16-14-20)27-23(25)19-11-9-17(2)10-12-19;;/h9-16,18H,4-8H2,1-3H3;2*1H3. The van der Waals surface area contributed by atoms with Crippen LogP contribution in [0.5, 0.6) is 5.75 Å². The molecule has 0 aliphatic carbocycles. The quantitative estimate of drug-likeness (QED) is 0.214. The molecule has 6 heteroatoms. The van der Waals surface area contributed by atoms with Crippen LogP contribution in [0.3, 0.4) is 0 Å². The molecule has 0 saturated carbocycles. The Bertz CT molecular complexity index is 742. The first-order chi connectivity index (χ1) is 13.0. The molecule has 2 aromatic carbocycles. The molecule has 0 saturated heterocycles. The van der Waals surface area contributed by atoms with Crippen molar-refractivity contribution in [2.75, 3.05) is 0 Å². The van der Waals surface area contributed by atoms with E-state index >= 15 is 0 Å². The fourth-order valence-corrected chi connectivity index (χ4v) is 2.68. The summed E-state index contributed by atoms with van der Waals surface area (Å²) in [5.41, 5.74) is 2.01. The lowest BCUT2D eigenvalue weighted by Crippen LogP contribution is -2.15. The van der Waals surface area contributed by atoms with Gasteiger partial charge in [-0.3, -0.25) is 0 Å². The van der Waals surface area contributed by atoms with Crippen molar-refractivity contribution in [1.82, 2.24) is 0 Å². The molecule has 0 bridgehead atoms. The van der Waals surface area contributed by atoms with E-state index in [1.807, 2.05) is 26.0 Å². The van der Waals surface area contributed by atoms with Crippen LogP contribution in [0.15, 0.2) is 48.5 Å². The Morgan fingerprint density at radius 3 is 1.97 bits per heavy atom. The Kier molecular flexibility index (Phi) is 13.4. The van der Waals surface area contributed by atoms with Crippen molar-refractivity contribution < 1.29 is 19.1 Å². The smallest absolute Gasteiger partial charge is 0.343 e. The second-order valence-corrected chi connectivity index (χ2v) is 6.85. The highest BCUT2D eigenvalue weighted by atomic mass is 31.0. The van der Waals surface area contributed by atoms with Gasteiger partial charge >= 0.3 is 11.9 Å². The van der Waals surface area contributed by atoms with Crippen LogP contribution in [-0.2, 0) is 4.74 Å². The first-order valence-corrected chi connectivity index (χ1v) is 9.59. The summed E-state index contributed by atoms with van der Waals surface area (Å²) in [6.45, 7) is 6.05. The summed E-state index contributed by atoms with van der Waals surface area (Å²) in [7, 11) is 0. The normalized spacial score (nSPS) is 10.9. The zero-order valence-corrected chi connectivity index (χ0v) is 20.6. The number of esters is 2. The average molecular weight is 436 g/mol. The van der Waals surface area contributed by atoms with E-state index in [4.69, 9.17) is 9.47 Å². The van der Waals surface area contributed by atoms with Gasteiger partial charge in [-0.15, -0.1) is 0 Å². The summed E-state index contributed by atoms with van der Waals surface area (Å²) >= 11 is 0. The van der Waals surface area contributed by atoms with Crippen LogP contribution in [-0.4, -0.2) is 18.0 Å². The number of ether oxygens (including phenoxy) is 2. The Morgan fingerprint density at radius 2 is 1.38 bits per heavy atom. The fraction of sp³-hybridized carbons (Fsp3) is 0.391. The molecule has 0 amide bonds. The molecular formula is C23H34O4P2. The monoisotopic (exact) mass is 436 g/mol. The van der Waals surface area contributed by atoms with Gasteiger partial charge in [0.25, 0.3) is 0 Å². The Balaban J connectivity index is 0.00000392. The molecule has 0 radical (unpaired) electrons. The highest BCUT2D eigenvalue weighted by molar-refractivity contribution is 6.92. The zero-order valence-electron chi connectivity index (χ0n) is 17.8. The molecule has 0 aliphatic rings. The van der Waals surface area contributed by atoms with Gasteiger partial charge in [-0.05, 0) is 63.1 Å². The minimum absolute atomic E-state index is 0. The minimum Gasteiger partial charge on any atom is -0.459 e. The van der Waals surface area contributed by atoms with Gasteiger partial charge in [-0.25, -0.2) is 9.59 Å². The third kappa shape index (κ3) is 9.52. The molecule has 0 heterocycles. The van der Waals surface area contributed by atoms with Gasteiger partial charge in [0.05, 0.1) is 17.2 Å². The van der Waals surface area contributed by atoms with Gasteiger partial charge in [-0.1, -0.05) is 43.9 Å². The second kappa shape index (κ2) is 14.3. The molecule has 0 fully saturated rings. The van der Waals surface area contributed by atoms with E-state index in [0.29, 0.717) is 16.9 Å². The summed E-state index contributed by atoms with van der Waals surface area (Å²) in [4.78, 5) is 24.3. The Morgan fingerprint density at radius 1 is 0.828 bits per heavy atom. The maximum absolute atomic E-state index is 12.2. The molecular weight excluding hydrogens is 402 g/mol. The van der Waals surface area contributed by atoms with Crippen molar-refractivity contribution >= 4 is 31.7 Å². The molecule has 3 atom stereocenters. The minimum atomic E-state index is -0.425. The summed E-state index contributed by atoms with van der Waals surface area (Å²) in [6.07, 6.45) is 5.40. The van der Waals surface area contributed by atoms with E-state index in [0.717, 1.165) is 18.4 Å². The molecule has 0 spiro atoms. The largest absolute Gasteiger partial charge is 0.459 e. The van der Waals surface area contributed by atoms with Crippen LogP contribution in [0.25, 0.3) is 0 Å². The Labute approximate surface area is 181 Å². The van der Waals surface area contributed by atoms with Crippen molar-refractivity contribution in [2.24, 2.45) is 0 Å². The highest BCUT2D eigenvalue weighted by Gasteiger charge is 2.13. The number of hydrogen-bond acceptors (Lipinski definition) is 4. The lowest BCUT2D eigenvalue weighted by atomic mass is 10.1. The molecule has 0 aliphatic heterocycles. The van der Waals surface area contributed by atoms with Crippen LogP contribution >= 0.6 is 19.8 Å². The van der Waals surface area contributed by atoms with Crippen LogP contribution in [0, 0.1) is 6.92 Å². The SMILES string of the molecule is CCCCCCC(C)OC(=O)c1ccc(OC(=O)c2ccc(C)cc2)cc1.P.P. The van der Waals surface area contributed by atoms with E-state index in [2.05, 4.69) is 6.92 Å². The topological polar surface area (TPSA) is 52.6 Å². The first-order valence-electron chi connectivity index (χ1n) is 9.59. The summed E-state index contributed by atoms with van der Waals surface area (Å²) in [5, 5.41) is 0. The third-order valence-electron chi connectivity index (χ3n) is 4.36. The average Bonchev–Trinajstić information content (AvgIpc) is 2.66. The molecule has 0 N–H and O–H groups in total. The Hall–Kier alpha value is -1.76. The molecule has 0 aromatic heterocycles. The number of carbonyl (C=O) groups is 2. The van der Waals surface area contributed by atoms with E-state index < -0.39 is 5.97 Å². The number of unbranched alkanes of at least 4 members (excludes halogenated alkanes) is 3. The molecule has 3 unspecified atom stereocenters. The predicted molar refractivity (Wildman–Crippen MR) is 128 cm³/mol. The second-order valence-electron chi connectivity index (χ2n) is 6.85. The number of aryl methyl sites for hydroxylation is 1. The van der Waals surface area contributed by atoms with Crippen LogP contribution in [0.1, 0.15) is 72.2 Å². The maximum atomic E-state index is 12.2. The highest BCUT2D eigenvalue weighted by Crippen LogP contribution is 2.17. The molecule has 4 nitrogen and oxygen atoms in total. The van der Waals surface area contributed by atoms with Gasteiger partial charge in [-0.2, -0.15) is 19.8 Å². The summed E-state index contributed by atoms with van der Waals surface area (Å²) in [5.74, 6) is -0.384. The van der Waals surface area contributed by atoms with Crippen molar-refractivity contribution in [2.45, 2.75) is 59.0 Å². The van der Waals surface area contributed by atoms with Crippen molar-refractivity contribution in [3.8, 4) is 5.75 Å². The lowest BCUT2D eigenvalue weighted by molar-refractivity contribution is 0.0319. The molecule has 29 heavy (non-hydrogen) atoms. The van der Waals surface area contributed by atoms with Crippen molar-refractivity contribution in [3.05, 3.63) is 65.2 Å². The van der Waals surface area contributed by atoms with Gasteiger partial charge in [0.1, 0.15) is 5.75 Å². The van der Waals surface area contributed by atoms with E-state index in [1.54, 1.807) is 36.4 Å². The van der Waals surface area contributed by atoms with Crippen LogP contribution < -0.4 is 4.74 Å². The van der Waals surface area contributed by atoms with Gasteiger partial charge in [0.2, 0.25) is 0 Å². The first kappa shape index (κ1) is 27.2. The predicted octanol–water partition coefficient (Wildman–Crippen LogP) is 5.85. The van der Waals surface area contributed by atoms with Gasteiger partial charge in [0.15, 0.2) is 0 Å². The molecule has 2 rings (SSSR count). The fourth-order valence-electron chi connectivity index (χ4n) is 2.68. The van der Waals surface area contributed by atoms with Gasteiger partial charge in [0, 0.05) is 0 Å².